The van der Waals surface area contributed by atoms with Crippen LogP contribution in [0.4, 0.5) is 0 Å². The lowest BCUT2D eigenvalue weighted by atomic mass is 9.92. The van der Waals surface area contributed by atoms with Gasteiger partial charge in [-0.15, -0.1) is 0 Å². The number of hydrogen-bond donors (Lipinski definition) is 1. The fraction of sp³-hybridized carbons (Fsp3) is 0.500. The van der Waals surface area contributed by atoms with Crippen molar-refractivity contribution in [3.05, 3.63) is 29.6 Å². The summed E-state index contributed by atoms with van der Waals surface area (Å²) in [6, 6.07) is 4.45. The van der Waals surface area contributed by atoms with Crippen molar-refractivity contribution in [1.82, 2.24) is 9.97 Å². The number of aromatic nitrogens is 2. The van der Waals surface area contributed by atoms with E-state index in [4.69, 9.17) is 0 Å². The summed E-state index contributed by atoms with van der Waals surface area (Å²) in [6.45, 7) is 11.0. The third-order valence-corrected chi connectivity index (χ3v) is 2.97. The minimum atomic E-state index is 0.151. The van der Waals surface area contributed by atoms with Crippen LogP contribution >= 0.6 is 0 Å². The Bertz CT molecular complexity index is 501. The number of hydrogen-bond acceptors (Lipinski definition) is 1. The monoisotopic (exact) mass is 216 g/mol. The summed E-state index contributed by atoms with van der Waals surface area (Å²) in [4.78, 5) is 7.87. The molecule has 2 aromatic heterocycles. The second-order valence-corrected chi connectivity index (χ2v) is 5.79. The molecule has 0 radical (unpaired) electrons. The summed E-state index contributed by atoms with van der Waals surface area (Å²) in [6.07, 6.45) is 1.97. The quantitative estimate of drug-likeness (QED) is 0.767. The van der Waals surface area contributed by atoms with Gasteiger partial charge in [-0.2, -0.15) is 0 Å². The van der Waals surface area contributed by atoms with Crippen molar-refractivity contribution in [2.75, 3.05) is 0 Å². The Balaban J connectivity index is 2.54. The Labute approximate surface area is 97.1 Å². The van der Waals surface area contributed by atoms with Crippen molar-refractivity contribution in [2.45, 2.75) is 46.0 Å². The van der Waals surface area contributed by atoms with Crippen LogP contribution in [0.3, 0.4) is 0 Å². The first kappa shape index (κ1) is 11.2. The van der Waals surface area contributed by atoms with Crippen LogP contribution in [0.15, 0.2) is 18.3 Å². The molecule has 0 aliphatic rings. The summed E-state index contributed by atoms with van der Waals surface area (Å²) >= 11 is 0. The molecule has 2 heteroatoms. The first-order valence-corrected chi connectivity index (χ1v) is 5.87. The largest absolute Gasteiger partial charge is 0.343 e. The summed E-state index contributed by atoms with van der Waals surface area (Å²) in [7, 11) is 0. The molecule has 0 atom stereocenters. The molecule has 2 aromatic rings. The van der Waals surface area contributed by atoms with Gasteiger partial charge in [-0.1, -0.05) is 34.6 Å². The maximum Gasteiger partial charge on any atom is 0.137 e. The van der Waals surface area contributed by atoms with Crippen LogP contribution < -0.4 is 0 Å². The van der Waals surface area contributed by atoms with E-state index in [1.165, 1.54) is 16.6 Å². The highest BCUT2D eigenvalue weighted by molar-refractivity contribution is 5.77. The van der Waals surface area contributed by atoms with Gasteiger partial charge in [0.05, 0.1) is 0 Å². The molecule has 86 valence electrons. The van der Waals surface area contributed by atoms with Gasteiger partial charge in [0.1, 0.15) is 5.65 Å². The minimum Gasteiger partial charge on any atom is -0.343 e. The minimum absolute atomic E-state index is 0.151. The van der Waals surface area contributed by atoms with E-state index in [0.717, 1.165) is 5.65 Å². The summed E-state index contributed by atoms with van der Waals surface area (Å²) in [5.74, 6) is 0.532. The molecule has 2 nitrogen and oxygen atoms in total. The smallest absolute Gasteiger partial charge is 0.137 e. The molecule has 0 aliphatic carbocycles. The van der Waals surface area contributed by atoms with Gasteiger partial charge < -0.3 is 4.98 Å². The van der Waals surface area contributed by atoms with E-state index < -0.39 is 0 Å². The van der Waals surface area contributed by atoms with E-state index in [2.05, 4.69) is 56.7 Å². The SMILES string of the molecule is CC(C)c1cnc2[nH]c(C(C)(C)C)cc2c1. The van der Waals surface area contributed by atoms with Crippen LogP contribution in [-0.4, -0.2) is 9.97 Å². The molecule has 1 N–H and O–H groups in total. The molecular formula is C14H20N2. The molecule has 0 aliphatic heterocycles. The molecule has 0 bridgehead atoms. The highest BCUT2D eigenvalue weighted by Crippen LogP contribution is 2.26. The van der Waals surface area contributed by atoms with Gasteiger partial charge in [-0.25, -0.2) is 4.98 Å². The zero-order valence-electron chi connectivity index (χ0n) is 10.8. The van der Waals surface area contributed by atoms with Crippen LogP contribution in [0.2, 0.25) is 0 Å². The van der Waals surface area contributed by atoms with E-state index in [9.17, 15) is 0 Å². The predicted molar refractivity (Wildman–Crippen MR) is 68.9 cm³/mol. The number of nitrogens with one attached hydrogen (secondary N) is 1. The van der Waals surface area contributed by atoms with Crippen molar-refractivity contribution < 1.29 is 0 Å². The van der Waals surface area contributed by atoms with Gasteiger partial charge in [0.15, 0.2) is 0 Å². The topological polar surface area (TPSA) is 28.7 Å². The summed E-state index contributed by atoms with van der Waals surface area (Å²) < 4.78 is 0. The lowest BCUT2D eigenvalue weighted by Crippen LogP contribution is -2.11. The second kappa shape index (κ2) is 3.62. The molecule has 0 aromatic carbocycles. The molecule has 0 amide bonds. The van der Waals surface area contributed by atoms with Gasteiger partial charge in [0, 0.05) is 22.7 Å². The van der Waals surface area contributed by atoms with E-state index in [-0.39, 0.29) is 5.41 Å². The third kappa shape index (κ3) is 1.97. The van der Waals surface area contributed by atoms with Gasteiger partial charge in [0.25, 0.3) is 0 Å². The number of H-pyrrole nitrogens is 1. The highest BCUT2D eigenvalue weighted by Gasteiger charge is 2.16. The van der Waals surface area contributed by atoms with Crippen LogP contribution in [0.25, 0.3) is 11.0 Å². The van der Waals surface area contributed by atoms with E-state index in [1.54, 1.807) is 0 Å². The van der Waals surface area contributed by atoms with E-state index >= 15 is 0 Å². The molecule has 2 heterocycles. The maximum atomic E-state index is 4.48. The number of fused-ring (bicyclic) bond motifs is 1. The second-order valence-electron chi connectivity index (χ2n) is 5.79. The Morgan fingerprint density at radius 1 is 1.19 bits per heavy atom. The Morgan fingerprint density at radius 3 is 2.44 bits per heavy atom. The van der Waals surface area contributed by atoms with Crippen LogP contribution in [0.1, 0.15) is 51.8 Å². The third-order valence-electron chi connectivity index (χ3n) is 2.97. The van der Waals surface area contributed by atoms with Gasteiger partial charge in [-0.3, -0.25) is 0 Å². The lowest BCUT2D eigenvalue weighted by molar-refractivity contribution is 0.574. The molecule has 0 saturated heterocycles. The van der Waals surface area contributed by atoms with Crippen LogP contribution in [0.5, 0.6) is 0 Å². The average Bonchev–Trinajstić information content (AvgIpc) is 2.58. The fourth-order valence-electron chi connectivity index (χ4n) is 1.75. The maximum absolute atomic E-state index is 4.48. The normalized spacial score (nSPS) is 12.6. The van der Waals surface area contributed by atoms with Crippen molar-refractivity contribution in [2.24, 2.45) is 0 Å². The van der Waals surface area contributed by atoms with Crippen molar-refractivity contribution in [1.29, 1.82) is 0 Å². The standard InChI is InChI=1S/C14H20N2/c1-9(2)11-6-10-7-12(14(3,4)5)16-13(10)15-8-11/h6-9H,1-5H3,(H,15,16). The molecule has 0 spiro atoms. The number of nitrogens with zero attached hydrogens (tertiary/aromatic N) is 1. The lowest BCUT2D eigenvalue weighted by Gasteiger charge is -2.15. The van der Waals surface area contributed by atoms with Crippen LogP contribution in [0, 0.1) is 0 Å². The summed E-state index contributed by atoms with van der Waals surface area (Å²) in [5.41, 5.74) is 3.69. The van der Waals surface area contributed by atoms with Crippen molar-refractivity contribution in [3.8, 4) is 0 Å². The average molecular weight is 216 g/mol. The van der Waals surface area contributed by atoms with Gasteiger partial charge in [0.2, 0.25) is 0 Å². The summed E-state index contributed by atoms with van der Waals surface area (Å²) in [5, 5.41) is 1.22. The first-order valence-electron chi connectivity index (χ1n) is 5.87. The van der Waals surface area contributed by atoms with E-state index in [0.29, 0.717) is 5.92 Å². The zero-order chi connectivity index (χ0) is 11.9. The number of pyridine rings is 1. The number of aromatic amines is 1. The molecule has 2 rings (SSSR count). The van der Waals surface area contributed by atoms with E-state index in [1.807, 2.05) is 6.20 Å². The predicted octanol–water partition coefficient (Wildman–Crippen LogP) is 3.98. The Morgan fingerprint density at radius 2 is 1.88 bits per heavy atom. The Kier molecular flexibility index (Phi) is 2.53. The molecular weight excluding hydrogens is 196 g/mol. The van der Waals surface area contributed by atoms with Crippen molar-refractivity contribution >= 4 is 11.0 Å². The Hall–Kier alpha value is -1.31. The molecule has 0 unspecified atom stereocenters. The van der Waals surface area contributed by atoms with Gasteiger partial charge >= 0.3 is 0 Å². The fourth-order valence-corrected chi connectivity index (χ4v) is 1.75. The van der Waals surface area contributed by atoms with Gasteiger partial charge in [-0.05, 0) is 23.6 Å². The molecule has 16 heavy (non-hydrogen) atoms. The van der Waals surface area contributed by atoms with Crippen LogP contribution in [-0.2, 0) is 5.41 Å². The molecule has 0 saturated carbocycles. The zero-order valence-corrected chi connectivity index (χ0v) is 10.8. The number of rotatable bonds is 1. The molecule has 0 fully saturated rings. The van der Waals surface area contributed by atoms with Crippen molar-refractivity contribution in [3.63, 3.8) is 0 Å². The first-order chi connectivity index (χ1) is 7.38. The highest BCUT2D eigenvalue weighted by atomic mass is 14.9.